The molecular weight excluding hydrogens is 234 g/mol. The second-order valence-corrected chi connectivity index (χ2v) is 4.25. The summed E-state index contributed by atoms with van der Waals surface area (Å²) in [5.74, 6) is 0.157. The van der Waals surface area contributed by atoms with Crippen molar-refractivity contribution in [2.45, 2.75) is 12.8 Å². The van der Waals surface area contributed by atoms with Gasteiger partial charge in [-0.25, -0.2) is 0 Å². The van der Waals surface area contributed by atoms with Crippen LogP contribution in [0.5, 0.6) is 0 Å². The monoisotopic (exact) mass is 245 g/mol. The highest BCUT2D eigenvalue weighted by Gasteiger charge is 2.07. The molecule has 0 atom stereocenters. The van der Waals surface area contributed by atoms with Crippen LogP contribution in [0.4, 0.5) is 0 Å². The maximum atomic E-state index is 11.9. The van der Waals surface area contributed by atoms with E-state index in [1.54, 1.807) is 18.5 Å². The molecule has 0 aliphatic carbocycles. The number of hydrogen-bond acceptors (Lipinski definition) is 2. The summed E-state index contributed by atoms with van der Waals surface area (Å²) < 4.78 is 0. The first kappa shape index (κ1) is 11.8. The van der Waals surface area contributed by atoms with E-state index in [4.69, 9.17) is 11.6 Å². The minimum Gasteiger partial charge on any atom is -0.299 e. The van der Waals surface area contributed by atoms with Crippen molar-refractivity contribution >= 4 is 17.4 Å². The van der Waals surface area contributed by atoms with Crippen molar-refractivity contribution in [1.29, 1.82) is 0 Å². The molecule has 0 aliphatic rings. The maximum Gasteiger partial charge on any atom is 0.141 e. The van der Waals surface area contributed by atoms with E-state index in [0.717, 1.165) is 11.1 Å². The van der Waals surface area contributed by atoms with Crippen molar-refractivity contribution in [1.82, 2.24) is 4.98 Å². The molecule has 2 rings (SSSR count). The van der Waals surface area contributed by atoms with E-state index in [2.05, 4.69) is 4.98 Å². The van der Waals surface area contributed by atoms with Crippen molar-refractivity contribution in [2.24, 2.45) is 0 Å². The largest absolute Gasteiger partial charge is 0.299 e. The van der Waals surface area contributed by atoms with E-state index in [9.17, 15) is 4.79 Å². The van der Waals surface area contributed by atoms with E-state index >= 15 is 0 Å². The summed E-state index contributed by atoms with van der Waals surface area (Å²) in [7, 11) is 0. The lowest BCUT2D eigenvalue weighted by Crippen LogP contribution is -2.06. The quantitative estimate of drug-likeness (QED) is 0.829. The lowest BCUT2D eigenvalue weighted by Gasteiger charge is -2.03. The molecule has 2 aromatic rings. The summed E-state index contributed by atoms with van der Waals surface area (Å²) in [5.41, 5.74) is 1.87. The molecule has 17 heavy (non-hydrogen) atoms. The maximum absolute atomic E-state index is 11.9. The first-order valence-corrected chi connectivity index (χ1v) is 5.77. The zero-order chi connectivity index (χ0) is 12.1. The third-order valence-corrected chi connectivity index (χ3v) is 2.83. The Balaban J connectivity index is 2.01. The van der Waals surface area contributed by atoms with Gasteiger partial charge in [-0.1, -0.05) is 41.9 Å². The van der Waals surface area contributed by atoms with E-state index < -0.39 is 0 Å². The first-order valence-electron chi connectivity index (χ1n) is 5.40. The molecule has 3 heteroatoms. The second-order valence-electron chi connectivity index (χ2n) is 3.84. The van der Waals surface area contributed by atoms with E-state index in [-0.39, 0.29) is 5.78 Å². The molecule has 0 saturated carbocycles. The minimum absolute atomic E-state index is 0.157. The highest BCUT2D eigenvalue weighted by Crippen LogP contribution is 2.15. The number of benzene rings is 1. The van der Waals surface area contributed by atoms with Crippen LogP contribution in [0, 0.1) is 0 Å². The fourth-order valence-corrected chi connectivity index (χ4v) is 1.83. The zero-order valence-corrected chi connectivity index (χ0v) is 10.0. The standard InChI is InChI=1S/C14H12ClNO/c15-14-10-16-7-6-12(14)9-13(17)8-11-4-2-1-3-5-11/h1-7,10H,8-9H2. The number of pyridine rings is 1. The van der Waals surface area contributed by atoms with Gasteiger partial charge in [-0.2, -0.15) is 0 Å². The van der Waals surface area contributed by atoms with Gasteiger partial charge >= 0.3 is 0 Å². The third kappa shape index (κ3) is 3.40. The molecule has 0 aliphatic heterocycles. The Morgan fingerprint density at radius 1 is 1.12 bits per heavy atom. The van der Waals surface area contributed by atoms with E-state index in [1.165, 1.54) is 0 Å². The van der Waals surface area contributed by atoms with Gasteiger partial charge < -0.3 is 0 Å². The van der Waals surface area contributed by atoms with Crippen LogP contribution in [0.1, 0.15) is 11.1 Å². The summed E-state index contributed by atoms with van der Waals surface area (Å²) in [4.78, 5) is 15.7. The van der Waals surface area contributed by atoms with Crippen molar-refractivity contribution < 1.29 is 4.79 Å². The lowest BCUT2D eigenvalue weighted by atomic mass is 10.0. The van der Waals surface area contributed by atoms with Gasteiger partial charge in [-0.15, -0.1) is 0 Å². The summed E-state index contributed by atoms with van der Waals surface area (Å²) in [6.07, 6.45) is 4.01. The van der Waals surface area contributed by atoms with Crippen LogP contribution in [-0.4, -0.2) is 10.8 Å². The Morgan fingerprint density at radius 3 is 2.59 bits per heavy atom. The number of carbonyl (C=O) groups excluding carboxylic acids is 1. The number of carbonyl (C=O) groups is 1. The van der Waals surface area contributed by atoms with Crippen LogP contribution in [0.15, 0.2) is 48.8 Å². The molecule has 0 unspecified atom stereocenters. The number of hydrogen-bond donors (Lipinski definition) is 0. The second kappa shape index (κ2) is 5.60. The van der Waals surface area contributed by atoms with Crippen LogP contribution in [0.2, 0.25) is 5.02 Å². The number of aromatic nitrogens is 1. The SMILES string of the molecule is O=C(Cc1ccccc1)Cc1ccncc1Cl. The van der Waals surface area contributed by atoms with Gasteiger partial charge in [0.1, 0.15) is 5.78 Å². The van der Waals surface area contributed by atoms with Crippen LogP contribution in [0.3, 0.4) is 0 Å². The topological polar surface area (TPSA) is 30.0 Å². The van der Waals surface area contributed by atoms with Gasteiger partial charge in [0, 0.05) is 25.2 Å². The fraction of sp³-hybridized carbons (Fsp3) is 0.143. The smallest absolute Gasteiger partial charge is 0.141 e. The van der Waals surface area contributed by atoms with Crippen LogP contribution in [-0.2, 0) is 17.6 Å². The highest BCUT2D eigenvalue weighted by molar-refractivity contribution is 6.31. The summed E-state index contributed by atoms with van der Waals surface area (Å²) in [6, 6.07) is 11.5. The van der Waals surface area contributed by atoms with Crippen molar-refractivity contribution in [3.05, 3.63) is 64.9 Å². The molecule has 0 amide bonds. The Bertz CT molecular complexity index is 511. The zero-order valence-electron chi connectivity index (χ0n) is 9.27. The number of halogens is 1. The summed E-state index contributed by atoms with van der Waals surface area (Å²) >= 11 is 5.96. The van der Waals surface area contributed by atoms with Gasteiger partial charge in [-0.3, -0.25) is 9.78 Å². The minimum atomic E-state index is 0.157. The fourth-order valence-electron chi connectivity index (χ4n) is 1.65. The van der Waals surface area contributed by atoms with Gasteiger partial charge in [0.05, 0.1) is 5.02 Å². The molecule has 1 aromatic carbocycles. The number of ketones is 1. The van der Waals surface area contributed by atoms with Gasteiger partial charge in [-0.05, 0) is 17.2 Å². The molecule has 1 aromatic heterocycles. The Morgan fingerprint density at radius 2 is 1.88 bits per heavy atom. The Kier molecular flexibility index (Phi) is 3.89. The average Bonchev–Trinajstić information content (AvgIpc) is 2.33. The van der Waals surface area contributed by atoms with Gasteiger partial charge in [0.25, 0.3) is 0 Å². The molecule has 0 bridgehead atoms. The Labute approximate surface area is 105 Å². The van der Waals surface area contributed by atoms with E-state index in [1.807, 2.05) is 30.3 Å². The van der Waals surface area contributed by atoms with E-state index in [0.29, 0.717) is 17.9 Å². The molecule has 86 valence electrons. The van der Waals surface area contributed by atoms with Crippen molar-refractivity contribution in [2.75, 3.05) is 0 Å². The summed E-state index contributed by atoms with van der Waals surface area (Å²) in [5, 5.41) is 0.550. The van der Waals surface area contributed by atoms with Crippen LogP contribution < -0.4 is 0 Å². The van der Waals surface area contributed by atoms with Gasteiger partial charge in [0.2, 0.25) is 0 Å². The molecule has 2 nitrogen and oxygen atoms in total. The predicted octanol–water partition coefficient (Wildman–Crippen LogP) is 3.09. The van der Waals surface area contributed by atoms with Gasteiger partial charge in [0.15, 0.2) is 0 Å². The molecule has 0 fully saturated rings. The van der Waals surface area contributed by atoms with Crippen LogP contribution in [0.25, 0.3) is 0 Å². The molecule has 0 spiro atoms. The predicted molar refractivity (Wildman–Crippen MR) is 68.1 cm³/mol. The molecular formula is C14H12ClNO. The third-order valence-electron chi connectivity index (χ3n) is 2.49. The summed E-state index contributed by atoms with van der Waals surface area (Å²) in [6.45, 7) is 0. The first-order chi connectivity index (χ1) is 8.25. The number of rotatable bonds is 4. The van der Waals surface area contributed by atoms with Crippen LogP contribution >= 0.6 is 11.6 Å². The van der Waals surface area contributed by atoms with Crippen molar-refractivity contribution in [3.8, 4) is 0 Å². The highest BCUT2D eigenvalue weighted by atomic mass is 35.5. The lowest BCUT2D eigenvalue weighted by molar-refractivity contribution is -0.117. The average molecular weight is 246 g/mol. The molecule has 0 radical (unpaired) electrons. The van der Waals surface area contributed by atoms with Crippen molar-refractivity contribution in [3.63, 3.8) is 0 Å². The molecule has 0 N–H and O–H groups in total. The number of Topliss-reactive ketones (excluding diaryl/α,β-unsaturated/α-hetero) is 1. The molecule has 0 saturated heterocycles. The number of nitrogens with zero attached hydrogens (tertiary/aromatic N) is 1. The Hall–Kier alpha value is -1.67. The molecule has 1 heterocycles. The normalized spacial score (nSPS) is 10.2.